The van der Waals surface area contributed by atoms with Gasteiger partial charge in [-0.15, -0.1) is 0 Å². The van der Waals surface area contributed by atoms with E-state index in [1.165, 1.54) is 16.0 Å². The maximum absolute atomic E-state index is 13.3. The minimum absolute atomic E-state index is 0.0305. The predicted octanol–water partition coefficient (Wildman–Crippen LogP) is 4.55. The molecule has 2 aromatic rings. The fourth-order valence-electron chi connectivity index (χ4n) is 6.05. The van der Waals surface area contributed by atoms with Crippen molar-refractivity contribution >= 4 is 18.0 Å². The standard InChI is InChI=1S/C28H32N2O5/c1-30(28(26(32)33)15-8-16-28)25(31)22-13-6-7-14-24(22)29-27(34)35-17-23-20-11-4-2-9-18(20)19-10-3-5-12-21(19)23/h2-5,9-12,22-24H,6-8,13-17H2,1H3,(H,29,34)(H,32,33)/t22-,24+/m1/s1. The lowest BCUT2D eigenvalue weighted by Gasteiger charge is -2.47. The fourth-order valence-corrected chi connectivity index (χ4v) is 6.05. The Morgan fingerprint density at radius 2 is 1.57 bits per heavy atom. The van der Waals surface area contributed by atoms with E-state index in [9.17, 15) is 19.5 Å². The van der Waals surface area contributed by atoms with E-state index < -0.39 is 23.5 Å². The second-order valence-corrected chi connectivity index (χ2v) is 10.1. The van der Waals surface area contributed by atoms with Crippen LogP contribution < -0.4 is 5.32 Å². The van der Waals surface area contributed by atoms with E-state index in [-0.39, 0.29) is 24.5 Å². The molecule has 3 aliphatic rings. The number of hydrogen-bond acceptors (Lipinski definition) is 4. The van der Waals surface area contributed by atoms with Gasteiger partial charge in [0.05, 0.1) is 5.92 Å². The van der Waals surface area contributed by atoms with Gasteiger partial charge in [-0.3, -0.25) is 4.79 Å². The Bertz CT molecular complexity index is 1100. The smallest absolute Gasteiger partial charge is 0.407 e. The Morgan fingerprint density at radius 3 is 2.14 bits per heavy atom. The molecule has 2 saturated carbocycles. The molecule has 0 unspecified atom stereocenters. The third-order valence-corrected chi connectivity index (χ3v) is 8.28. The Kier molecular flexibility index (Phi) is 6.26. The Labute approximate surface area is 205 Å². The van der Waals surface area contributed by atoms with Crippen LogP contribution in [0.2, 0.25) is 0 Å². The summed E-state index contributed by atoms with van der Waals surface area (Å²) in [5.74, 6) is -1.62. The van der Waals surface area contributed by atoms with E-state index in [1.807, 2.05) is 24.3 Å². The number of rotatable bonds is 6. The van der Waals surface area contributed by atoms with Gasteiger partial charge in [0.1, 0.15) is 12.1 Å². The first-order valence-corrected chi connectivity index (χ1v) is 12.5. The number of fused-ring (bicyclic) bond motifs is 3. The Morgan fingerprint density at radius 1 is 0.971 bits per heavy atom. The SMILES string of the molecule is CN(C(=O)[C@@H]1CCCC[C@@H]1NC(=O)OCC1c2ccccc2-c2ccccc21)C1(C(=O)O)CCC1. The van der Waals surface area contributed by atoms with Crippen molar-refractivity contribution in [2.24, 2.45) is 5.92 Å². The van der Waals surface area contributed by atoms with Crippen LogP contribution in [0, 0.1) is 5.92 Å². The maximum atomic E-state index is 13.3. The molecular weight excluding hydrogens is 444 g/mol. The Hall–Kier alpha value is -3.35. The number of carboxylic acids is 1. The van der Waals surface area contributed by atoms with Crippen LogP contribution >= 0.6 is 0 Å². The molecule has 7 nitrogen and oxygen atoms in total. The van der Waals surface area contributed by atoms with Crippen molar-refractivity contribution in [1.29, 1.82) is 0 Å². The molecular formula is C28H32N2O5. The molecule has 3 aliphatic carbocycles. The number of aliphatic carboxylic acids is 1. The highest BCUT2D eigenvalue weighted by Crippen LogP contribution is 2.44. The summed E-state index contributed by atoms with van der Waals surface area (Å²) in [6.07, 6.45) is 4.32. The van der Waals surface area contributed by atoms with Crippen LogP contribution in [-0.2, 0) is 14.3 Å². The van der Waals surface area contributed by atoms with E-state index in [0.29, 0.717) is 25.7 Å². The van der Waals surface area contributed by atoms with Crippen molar-refractivity contribution in [1.82, 2.24) is 10.2 Å². The molecule has 0 radical (unpaired) electrons. The predicted molar refractivity (Wildman–Crippen MR) is 131 cm³/mol. The van der Waals surface area contributed by atoms with E-state index in [0.717, 1.165) is 30.4 Å². The zero-order valence-electron chi connectivity index (χ0n) is 20.0. The number of carboxylic acid groups (broad SMARTS) is 1. The summed E-state index contributed by atoms with van der Waals surface area (Å²) < 4.78 is 5.70. The van der Waals surface area contributed by atoms with Gasteiger partial charge in [0, 0.05) is 19.0 Å². The number of carbonyl (C=O) groups is 3. The molecule has 2 N–H and O–H groups in total. The van der Waals surface area contributed by atoms with E-state index in [1.54, 1.807) is 7.05 Å². The molecule has 7 heteroatoms. The first kappa shape index (κ1) is 23.4. The number of amides is 2. The first-order chi connectivity index (χ1) is 16.9. The van der Waals surface area contributed by atoms with Crippen LogP contribution in [0.4, 0.5) is 4.79 Å². The van der Waals surface area contributed by atoms with Crippen LogP contribution in [0.1, 0.15) is 62.0 Å². The topological polar surface area (TPSA) is 95.9 Å². The van der Waals surface area contributed by atoms with Crippen molar-refractivity contribution in [2.75, 3.05) is 13.7 Å². The number of hydrogen-bond donors (Lipinski definition) is 2. The van der Waals surface area contributed by atoms with Crippen LogP contribution in [0.5, 0.6) is 0 Å². The molecule has 0 saturated heterocycles. The number of nitrogens with one attached hydrogen (secondary N) is 1. The summed E-state index contributed by atoms with van der Waals surface area (Å²) in [6, 6.07) is 16.0. The quantitative estimate of drug-likeness (QED) is 0.638. The number of likely N-dealkylation sites (N-methyl/N-ethyl adjacent to an activating group) is 1. The van der Waals surface area contributed by atoms with Gasteiger partial charge in [-0.1, -0.05) is 61.4 Å². The van der Waals surface area contributed by atoms with Gasteiger partial charge in [-0.2, -0.15) is 0 Å². The van der Waals surface area contributed by atoms with Crippen LogP contribution in [0.3, 0.4) is 0 Å². The summed E-state index contributed by atoms with van der Waals surface area (Å²) in [4.78, 5) is 39.5. The molecule has 2 amide bonds. The van der Waals surface area contributed by atoms with Gasteiger partial charge in [0.25, 0.3) is 0 Å². The zero-order chi connectivity index (χ0) is 24.6. The van der Waals surface area contributed by atoms with Gasteiger partial charge < -0.3 is 20.1 Å². The van der Waals surface area contributed by atoms with E-state index in [2.05, 4.69) is 29.6 Å². The van der Waals surface area contributed by atoms with Crippen molar-refractivity contribution in [2.45, 2.75) is 62.4 Å². The molecule has 0 bridgehead atoms. The number of nitrogens with zero attached hydrogens (tertiary/aromatic N) is 1. The highest BCUT2D eigenvalue weighted by molar-refractivity contribution is 5.89. The van der Waals surface area contributed by atoms with E-state index >= 15 is 0 Å². The summed E-state index contributed by atoms with van der Waals surface area (Å²) in [7, 11) is 1.59. The lowest BCUT2D eigenvalue weighted by atomic mass is 9.74. The summed E-state index contributed by atoms with van der Waals surface area (Å²) in [5.41, 5.74) is 3.52. The third kappa shape index (κ3) is 4.07. The van der Waals surface area contributed by atoms with Crippen LogP contribution in [0.15, 0.2) is 48.5 Å². The zero-order valence-corrected chi connectivity index (χ0v) is 20.0. The van der Waals surface area contributed by atoms with Crippen molar-refractivity contribution in [3.8, 4) is 11.1 Å². The average Bonchev–Trinajstić information content (AvgIpc) is 3.15. The molecule has 2 aromatic carbocycles. The molecule has 0 heterocycles. The van der Waals surface area contributed by atoms with Crippen molar-refractivity contribution in [3.05, 3.63) is 59.7 Å². The number of benzene rings is 2. The lowest BCUT2D eigenvalue weighted by molar-refractivity contribution is -0.166. The molecule has 35 heavy (non-hydrogen) atoms. The normalized spacial score (nSPS) is 22.3. The summed E-state index contributed by atoms with van der Waals surface area (Å²) >= 11 is 0. The Balaban J connectivity index is 1.25. The van der Waals surface area contributed by atoms with Crippen molar-refractivity contribution in [3.63, 3.8) is 0 Å². The second-order valence-electron chi connectivity index (χ2n) is 10.1. The summed E-state index contributed by atoms with van der Waals surface area (Å²) in [5, 5.41) is 12.7. The molecule has 0 aromatic heterocycles. The fraction of sp³-hybridized carbons (Fsp3) is 0.464. The van der Waals surface area contributed by atoms with Gasteiger partial charge >= 0.3 is 12.1 Å². The maximum Gasteiger partial charge on any atom is 0.407 e. The lowest BCUT2D eigenvalue weighted by Crippen LogP contribution is -2.62. The van der Waals surface area contributed by atoms with Crippen LogP contribution in [-0.4, -0.2) is 53.2 Å². The van der Waals surface area contributed by atoms with Gasteiger partial charge in [0.2, 0.25) is 5.91 Å². The average molecular weight is 477 g/mol. The minimum Gasteiger partial charge on any atom is -0.479 e. The highest BCUT2D eigenvalue weighted by Gasteiger charge is 2.51. The third-order valence-electron chi connectivity index (χ3n) is 8.28. The van der Waals surface area contributed by atoms with Crippen LogP contribution in [0.25, 0.3) is 11.1 Å². The summed E-state index contributed by atoms with van der Waals surface area (Å²) in [6.45, 7) is 0.215. The largest absolute Gasteiger partial charge is 0.479 e. The van der Waals surface area contributed by atoms with E-state index in [4.69, 9.17) is 4.74 Å². The van der Waals surface area contributed by atoms with Gasteiger partial charge in [-0.25, -0.2) is 9.59 Å². The molecule has 0 aliphatic heterocycles. The molecule has 184 valence electrons. The number of carbonyl (C=O) groups excluding carboxylic acids is 2. The van der Waals surface area contributed by atoms with Gasteiger partial charge in [-0.05, 0) is 54.4 Å². The minimum atomic E-state index is -1.11. The molecule has 2 atom stereocenters. The monoisotopic (exact) mass is 476 g/mol. The number of alkyl carbamates (subject to hydrolysis) is 1. The molecule has 2 fully saturated rings. The number of ether oxygens (including phenoxy) is 1. The molecule has 0 spiro atoms. The van der Waals surface area contributed by atoms with Crippen molar-refractivity contribution < 1.29 is 24.2 Å². The highest BCUT2D eigenvalue weighted by atomic mass is 16.5. The van der Waals surface area contributed by atoms with Gasteiger partial charge in [0.15, 0.2) is 0 Å². The second kappa shape index (κ2) is 9.36. The molecule has 5 rings (SSSR count). The first-order valence-electron chi connectivity index (χ1n) is 12.5.